The average molecular weight is 372 g/mol. The van der Waals surface area contributed by atoms with Crippen LogP contribution >= 0.6 is 11.3 Å². The van der Waals surface area contributed by atoms with E-state index >= 15 is 0 Å². The number of benzene rings is 1. The maximum Gasteiger partial charge on any atom is 0.226 e. The summed E-state index contributed by atoms with van der Waals surface area (Å²) in [5, 5.41) is 11.5. The molecule has 0 saturated carbocycles. The second-order valence-corrected chi connectivity index (χ2v) is 7.43. The molecule has 7 heteroatoms. The predicted molar refractivity (Wildman–Crippen MR) is 105 cm³/mol. The summed E-state index contributed by atoms with van der Waals surface area (Å²) in [6, 6.07) is 7.49. The second kappa shape index (κ2) is 8.91. The van der Waals surface area contributed by atoms with Crippen molar-refractivity contribution in [3.63, 3.8) is 0 Å². The predicted octanol–water partition coefficient (Wildman–Crippen LogP) is 3.49. The largest absolute Gasteiger partial charge is 0.326 e. The molecule has 0 atom stereocenters. The molecule has 2 amide bonds. The Morgan fingerprint density at radius 2 is 1.92 bits per heavy atom. The molecular weight excluding hydrogens is 348 g/mol. The van der Waals surface area contributed by atoms with Gasteiger partial charge in [0.25, 0.3) is 0 Å². The van der Waals surface area contributed by atoms with Crippen LogP contribution in [0.1, 0.15) is 32.6 Å². The molecule has 3 rings (SSSR count). The van der Waals surface area contributed by atoms with Gasteiger partial charge in [0.05, 0.1) is 5.69 Å². The quantitative estimate of drug-likeness (QED) is 0.725. The van der Waals surface area contributed by atoms with Gasteiger partial charge in [-0.05, 0) is 50.4 Å². The molecule has 0 aliphatic carbocycles. The van der Waals surface area contributed by atoms with Crippen molar-refractivity contribution in [3.05, 3.63) is 29.6 Å². The molecule has 2 aromatic rings. The SMILES string of the molecule is CC(=O)Nc1ccc(-c2csc(NC(=O)CCC3CCNCC3)n2)cc1. The highest BCUT2D eigenvalue weighted by Gasteiger charge is 2.15. The van der Waals surface area contributed by atoms with Crippen LogP contribution in [-0.4, -0.2) is 29.9 Å². The summed E-state index contributed by atoms with van der Waals surface area (Å²) in [5.41, 5.74) is 2.52. The Labute approximate surface area is 157 Å². The molecule has 26 heavy (non-hydrogen) atoms. The van der Waals surface area contributed by atoms with Gasteiger partial charge < -0.3 is 16.0 Å². The van der Waals surface area contributed by atoms with Crippen LogP contribution in [0.4, 0.5) is 10.8 Å². The van der Waals surface area contributed by atoms with E-state index in [1.54, 1.807) is 0 Å². The van der Waals surface area contributed by atoms with Gasteiger partial charge >= 0.3 is 0 Å². The van der Waals surface area contributed by atoms with Gasteiger partial charge in [0.15, 0.2) is 5.13 Å². The molecule has 1 aliphatic heterocycles. The van der Waals surface area contributed by atoms with Crippen LogP contribution in [0.3, 0.4) is 0 Å². The van der Waals surface area contributed by atoms with Gasteiger partial charge in [-0.15, -0.1) is 11.3 Å². The van der Waals surface area contributed by atoms with Crippen molar-refractivity contribution in [1.82, 2.24) is 10.3 Å². The minimum absolute atomic E-state index is 0.0328. The van der Waals surface area contributed by atoms with Crippen molar-refractivity contribution in [2.24, 2.45) is 5.92 Å². The third-order valence-electron chi connectivity index (χ3n) is 4.49. The van der Waals surface area contributed by atoms with Crippen LogP contribution in [0.15, 0.2) is 29.6 Å². The number of thiazole rings is 1. The van der Waals surface area contributed by atoms with Gasteiger partial charge in [0.2, 0.25) is 11.8 Å². The van der Waals surface area contributed by atoms with Crippen LogP contribution in [0.5, 0.6) is 0 Å². The number of hydrogen-bond donors (Lipinski definition) is 3. The fourth-order valence-electron chi connectivity index (χ4n) is 3.08. The molecule has 0 spiro atoms. The van der Waals surface area contributed by atoms with Gasteiger partial charge in [0.1, 0.15) is 0 Å². The fourth-order valence-corrected chi connectivity index (χ4v) is 3.81. The molecule has 1 aliphatic rings. The van der Waals surface area contributed by atoms with Gasteiger partial charge in [-0.25, -0.2) is 4.98 Å². The van der Waals surface area contributed by atoms with E-state index in [1.807, 2.05) is 29.6 Å². The van der Waals surface area contributed by atoms with E-state index in [0.29, 0.717) is 17.5 Å². The Bertz CT molecular complexity index is 751. The molecule has 1 aromatic carbocycles. The lowest BCUT2D eigenvalue weighted by Crippen LogP contribution is -2.28. The van der Waals surface area contributed by atoms with Crippen molar-refractivity contribution in [2.45, 2.75) is 32.6 Å². The lowest BCUT2D eigenvalue weighted by Gasteiger charge is -2.21. The number of carbonyl (C=O) groups excluding carboxylic acids is 2. The van der Waals surface area contributed by atoms with Crippen molar-refractivity contribution >= 4 is 34.0 Å². The number of hydrogen-bond acceptors (Lipinski definition) is 5. The highest BCUT2D eigenvalue weighted by atomic mass is 32.1. The summed E-state index contributed by atoms with van der Waals surface area (Å²) >= 11 is 1.43. The minimum atomic E-state index is -0.0964. The zero-order chi connectivity index (χ0) is 18.4. The third kappa shape index (κ3) is 5.37. The van der Waals surface area contributed by atoms with Gasteiger partial charge in [-0.1, -0.05) is 12.1 Å². The summed E-state index contributed by atoms with van der Waals surface area (Å²) in [6.45, 7) is 3.60. The highest BCUT2D eigenvalue weighted by Crippen LogP contribution is 2.26. The first-order chi connectivity index (χ1) is 12.6. The summed E-state index contributed by atoms with van der Waals surface area (Å²) < 4.78 is 0. The van der Waals surface area contributed by atoms with Crippen molar-refractivity contribution in [2.75, 3.05) is 23.7 Å². The van der Waals surface area contributed by atoms with Crippen molar-refractivity contribution in [1.29, 1.82) is 0 Å². The van der Waals surface area contributed by atoms with E-state index in [-0.39, 0.29) is 11.8 Å². The Kier molecular flexibility index (Phi) is 6.35. The van der Waals surface area contributed by atoms with E-state index in [2.05, 4.69) is 20.9 Å². The lowest BCUT2D eigenvalue weighted by atomic mass is 9.93. The first-order valence-electron chi connectivity index (χ1n) is 8.94. The molecular formula is C19H24N4O2S. The zero-order valence-corrected chi connectivity index (χ0v) is 15.7. The lowest BCUT2D eigenvalue weighted by molar-refractivity contribution is -0.116. The summed E-state index contributed by atoms with van der Waals surface area (Å²) in [7, 11) is 0. The number of nitrogens with one attached hydrogen (secondary N) is 3. The second-order valence-electron chi connectivity index (χ2n) is 6.58. The van der Waals surface area contributed by atoms with Crippen LogP contribution in [0.2, 0.25) is 0 Å². The summed E-state index contributed by atoms with van der Waals surface area (Å²) in [5.74, 6) is 0.585. The maximum atomic E-state index is 12.1. The first kappa shape index (κ1) is 18.5. The number of amides is 2. The van der Waals surface area contributed by atoms with Crippen molar-refractivity contribution in [3.8, 4) is 11.3 Å². The molecule has 0 bridgehead atoms. The number of carbonyl (C=O) groups is 2. The Balaban J connectivity index is 1.52. The van der Waals surface area contributed by atoms with Gasteiger partial charge in [-0.2, -0.15) is 0 Å². The van der Waals surface area contributed by atoms with E-state index in [0.717, 1.165) is 49.3 Å². The Morgan fingerprint density at radius 3 is 2.62 bits per heavy atom. The first-order valence-corrected chi connectivity index (χ1v) is 9.82. The molecule has 2 heterocycles. The Morgan fingerprint density at radius 1 is 1.19 bits per heavy atom. The summed E-state index contributed by atoms with van der Waals surface area (Å²) in [6.07, 6.45) is 3.80. The van der Waals surface area contributed by atoms with Crippen molar-refractivity contribution < 1.29 is 9.59 Å². The number of rotatable bonds is 6. The number of nitrogens with zero attached hydrogens (tertiary/aromatic N) is 1. The molecule has 138 valence electrons. The fraction of sp³-hybridized carbons (Fsp3) is 0.421. The molecule has 1 fully saturated rings. The van der Waals surface area contributed by atoms with E-state index in [1.165, 1.54) is 18.3 Å². The molecule has 0 unspecified atom stereocenters. The number of aromatic nitrogens is 1. The number of piperidine rings is 1. The van der Waals surface area contributed by atoms with E-state index in [4.69, 9.17) is 0 Å². The molecule has 0 radical (unpaired) electrons. The highest BCUT2D eigenvalue weighted by molar-refractivity contribution is 7.14. The van der Waals surface area contributed by atoms with E-state index in [9.17, 15) is 9.59 Å². The standard InChI is InChI=1S/C19H24N4O2S/c1-13(24)21-16-5-3-15(4-6-16)17-12-26-19(22-17)23-18(25)7-2-14-8-10-20-11-9-14/h3-6,12,14,20H,2,7-11H2,1H3,(H,21,24)(H,22,23,25). The van der Waals surface area contributed by atoms with Crippen LogP contribution in [-0.2, 0) is 9.59 Å². The smallest absolute Gasteiger partial charge is 0.226 e. The van der Waals surface area contributed by atoms with Crippen LogP contribution in [0, 0.1) is 5.92 Å². The van der Waals surface area contributed by atoms with E-state index < -0.39 is 0 Å². The zero-order valence-electron chi connectivity index (χ0n) is 14.9. The molecule has 1 aromatic heterocycles. The molecule has 6 nitrogen and oxygen atoms in total. The normalized spacial score (nSPS) is 14.8. The molecule has 1 saturated heterocycles. The van der Waals surface area contributed by atoms with Gasteiger partial charge in [-0.3, -0.25) is 9.59 Å². The van der Waals surface area contributed by atoms with Crippen LogP contribution < -0.4 is 16.0 Å². The average Bonchev–Trinajstić information content (AvgIpc) is 3.09. The minimum Gasteiger partial charge on any atom is -0.326 e. The van der Waals surface area contributed by atoms with Crippen LogP contribution in [0.25, 0.3) is 11.3 Å². The topological polar surface area (TPSA) is 83.1 Å². The Hall–Kier alpha value is -2.25. The number of anilines is 2. The van der Waals surface area contributed by atoms with Gasteiger partial charge in [0, 0.05) is 30.0 Å². The molecule has 3 N–H and O–H groups in total. The monoisotopic (exact) mass is 372 g/mol. The third-order valence-corrected chi connectivity index (χ3v) is 5.25. The maximum absolute atomic E-state index is 12.1. The summed E-state index contributed by atoms with van der Waals surface area (Å²) in [4.78, 5) is 27.7.